The van der Waals surface area contributed by atoms with E-state index in [1.54, 1.807) is 0 Å². The van der Waals surface area contributed by atoms with Gasteiger partial charge in [0.2, 0.25) is 0 Å². The molecule has 1 aromatic carbocycles. The predicted molar refractivity (Wildman–Crippen MR) is 76.4 cm³/mol. The SMILES string of the molecule is CCCNCCC(C)(C)c1ccc2c(c1)CCO2. The first-order chi connectivity index (χ1) is 8.63. The van der Waals surface area contributed by atoms with Crippen molar-refractivity contribution in [1.29, 1.82) is 0 Å². The summed E-state index contributed by atoms with van der Waals surface area (Å²) in [6.45, 7) is 9.93. The lowest BCUT2D eigenvalue weighted by Gasteiger charge is -2.26. The third-order valence-electron chi connectivity index (χ3n) is 3.82. The zero-order valence-corrected chi connectivity index (χ0v) is 11.9. The van der Waals surface area contributed by atoms with Crippen LogP contribution in [0.25, 0.3) is 0 Å². The lowest BCUT2D eigenvalue weighted by Crippen LogP contribution is -2.26. The van der Waals surface area contributed by atoms with Gasteiger partial charge in [0, 0.05) is 6.42 Å². The van der Waals surface area contributed by atoms with Gasteiger partial charge in [0.1, 0.15) is 5.75 Å². The van der Waals surface area contributed by atoms with Crippen LogP contribution >= 0.6 is 0 Å². The van der Waals surface area contributed by atoms with Gasteiger partial charge >= 0.3 is 0 Å². The maximum absolute atomic E-state index is 5.57. The summed E-state index contributed by atoms with van der Waals surface area (Å²) in [6, 6.07) is 6.70. The van der Waals surface area contributed by atoms with Gasteiger partial charge in [-0.3, -0.25) is 0 Å². The van der Waals surface area contributed by atoms with Crippen LogP contribution in [0.3, 0.4) is 0 Å². The Morgan fingerprint density at radius 2 is 2.11 bits per heavy atom. The van der Waals surface area contributed by atoms with Gasteiger partial charge in [0.25, 0.3) is 0 Å². The largest absolute Gasteiger partial charge is 0.493 e. The average molecular weight is 247 g/mol. The molecule has 18 heavy (non-hydrogen) atoms. The van der Waals surface area contributed by atoms with Gasteiger partial charge in [-0.2, -0.15) is 0 Å². The molecule has 2 rings (SSSR count). The molecule has 1 heterocycles. The summed E-state index contributed by atoms with van der Waals surface area (Å²) in [7, 11) is 0. The molecule has 0 atom stereocenters. The fourth-order valence-corrected chi connectivity index (χ4v) is 2.45. The van der Waals surface area contributed by atoms with Crippen molar-refractivity contribution >= 4 is 0 Å². The minimum absolute atomic E-state index is 0.234. The third-order valence-corrected chi connectivity index (χ3v) is 3.82. The minimum Gasteiger partial charge on any atom is -0.493 e. The Bertz CT molecular complexity index is 398. The molecule has 0 unspecified atom stereocenters. The molecule has 0 aromatic heterocycles. The van der Waals surface area contributed by atoms with Crippen LogP contribution in [-0.4, -0.2) is 19.7 Å². The fraction of sp³-hybridized carbons (Fsp3) is 0.625. The summed E-state index contributed by atoms with van der Waals surface area (Å²) in [6.07, 6.45) is 3.44. The number of hydrogen-bond acceptors (Lipinski definition) is 2. The van der Waals surface area contributed by atoms with Crippen molar-refractivity contribution in [3.63, 3.8) is 0 Å². The summed E-state index contributed by atoms with van der Waals surface area (Å²) in [4.78, 5) is 0. The van der Waals surface area contributed by atoms with Gasteiger partial charge in [-0.25, -0.2) is 0 Å². The van der Waals surface area contributed by atoms with Crippen molar-refractivity contribution in [3.05, 3.63) is 29.3 Å². The summed E-state index contributed by atoms with van der Waals surface area (Å²) >= 11 is 0. The Morgan fingerprint density at radius 3 is 2.89 bits per heavy atom. The first-order valence-electron chi connectivity index (χ1n) is 7.10. The third kappa shape index (κ3) is 3.05. The Balaban J connectivity index is 2.00. The molecular weight excluding hydrogens is 222 g/mol. The van der Waals surface area contributed by atoms with Crippen molar-refractivity contribution in [3.8, 4) is 5.75 Å². The van der Waals surface area contributed by atoms with Gasteiger partial charge in [0.05, 0.1) is 6.61 Å². The Labute approximate surface area is 111 Å². The monoisotopic (exact) mass is 247 g/mol. The highest BCUT2D eigenvalue weighted by Crippen LogP contribution is 2.33. The van der Waals surface area contributed by atoms with Gasteiger partial charge in [-0.15, -0.1) is 0 Å². The van der Waals surface area contributed by atoms with Crippen molar-refractivity contribution < 1.29 is 4.74 Å². The standard InChI is InChI=1S/C16H25NO/c1-4-9-17-10-8-16(2,3)14-5-6-15-13(12-14)7-11-18-15/h5-6,12,17H,4,7-11H2,1-3H3. The van der Waals surface area contributed by atoms with Crippen molar-refractivity contribution in [1.82, 2.24) is 5.32 Å². The van der Waals surface area contributed by atoms with Crippen LogP contribution in [0.15, 0.2) is 18.2 Å². The molecule has 1 aliphatic rings. The number of ether oxygens (including phenoxy) is 1. The Hall–Kier alpha value is -1.02. The van der Waals surface area contributed by atoms with Gasteiger partial charge in [0.15, 0.2) is 0 Å². The lowest BCUT2D eigenvalue weighted by molar-refractivity contribution is 0.356. The lowest BCUT2D eigenvalue weighted by atomic mass is 9.81. The quantitative estimate of drug-likeness (QED) is 0.779. The smallest absolute Gasteiger partial charge is 0.122 e. The molecule has 100 valence electrons. The number of fused-ring (bicyclic) bond motifs is 1. The van der Waals surface area contributed by atoms with E-state index in [1.165, 1.54) is 24.0 Å². The molecule has 0 spiro atoms. The molecule has 2 nitrogen and oxygen atoms in total. The van der Waals surface area contributed by atoms with E-state index in [9.17, 15) is 0 Å². The predicted octanol–water partition coefficient (Wildman–Crippen LogP) is 3.29. The van der Waals surface area contributed by atoms with Crippen molar-refractivity contribution in [2.75, 3.05) is 19.7 Å². The van der Waals surface area contributed by atoms with E-state index >= 15 is 0 Å². The molecule has 1 aromatic rings. The van der Waals surface area contributed by atoms with Crippen LogP contribution in [0.1, 0.15) is 44.7 Å². The van der Waals surface area contributed by atoms with E-state index < -0.39 is 0 Å². The fourth-order valence-electron chi connectivity index (χ4n) is 2.45. The molecule has 1 aliphatic heterocycles. The van der Waals surface area contributed by atoms with Crippen LogP contribution in [0, 0.1) is 0 Å². The summed E-state index contributed by atoms with van der Waals surface area (Å²) in [5.41, 5.74) is 3.05. The molecule has 0 fully saturated rings. The van der Waals surface area contributed by atoms with E-state index in [0.717, 1.165) is 31.9 Å². The highest BCUT2D eigenvalue weighted by molar-refractivity contribution is 5.42. The molecule has 0 radical (unpaired) electrons. The Morgan fingerprint density at radius 1 is 1.28 bits per heavy atom. The van der Waals surface area contributed by atoms with Crippen LogP contribution < -0.4 is 10.1 Å². The summed E-state index contributed by atoms with van der Waals surface area (Å²) in [5.74, 6) is 1.08. The Kier molecular flexibility index (Phi) is 4.28. The van der Waals surface area contributed by atoms with E-state index in [2.05, 4.69) is 44.3 Å². The zero-order valence-electron chi connectivity index (χ0n) is 11.9. The maximum atomic E-state index is 5.57. The van der Waals surface area contributed by atoms with Crippen LogP contribution in [0.2, 0.25) is 0 Å². The topological polar surface area (TPSA) is 21.3 Å². The molecule has 0 saturated carbocycles. The summed E-state index contributed by atoms with van der Waals surface area (Å²) < 4.78 is 5.57. The van der Waals surface area contributed by atoms with Crippen molar-refractivity contribution in [2.24, 2.45) is 0 Å². The van der Waals surface area contributed by atoms with Gasteiger partial charge in [-0.1, -0.05) is 32.9 Å². The second kappa shape index (κ2) is 5.75. The van der Waals surface area contributed by atoms with Crippen LogP contribution in [-0.2, 0) is 11.8 Å². The molecule has 0 aliphatic carbocycles. The van der Waals surface area contributed by atoms with E-state index in [1.807, 2.05) is 0 Å². The highest BCUT2D eigenvalue weighted by Gasteiger charge is 2.22. The second-order valence-corrected chi connectivity index (χ2v) is 5.80. The zero-order chi connectivity index (χ0) is 13.0. The molecule has 0 amide bonds. The number of nitrogens with one attached hydrogen (secondary N) is 1. The normalized spacial score (nSPS) is 14.4. The number of benzene rings is 1. The van der Waals surface area contributed by atoms with Crippen molar-refractivity contribution in [2.45, 2.75) is 45.4 Å². The number of hydrogen-bond donors (Lipinski definition) is 1. The van der Waals surface area contributed by atoms with E-state index in [0.29, 0.717) is 0 Å². The van der Waals surface area contributed by atoms with E-state index in [4.69, 9.17) is 4.74 Å². The maximum Gasteiger partial charge on any atom is 0.122 e. The molecule has 2 heteroatoms. The van der Waals surface area contributed by atoms with E-state index in [-0.39, 0.29) is 5.41 Å². The van der Waals surface area contributed by atoms with Crippen LogP contribution in [0.5, 0.6) is 5.75 Å². The average Bonchev–Trinajstić information content (AvgIpc) is 2.82. The first-order valence-corrected chi connectivity index (χ1v) is 7.10. The first kappa shape index (κ1) is 13.4. The molecule has 0 bridgehead atoms. The van der Waals surface area contributed by atoms with Crippen LogP contribution in [0.4, 0.5) is 0 Å². The number of rotatable bonds is 6. The molecular formula is C16H25NO. The van der Waals surface area contributed by atoms with Gasteiger partial charge < -0.3 is 10.1 Å². The highest BCUT2D eigenvalue weighted by atomic mass is 16.5. The molecule has 1 N–H and O–H groups in total. The molecule has 0 saturated heterocycles. The summed E-state index contributed by atoms with van der Waals surface area (Å²) in [5, 5.41) is 3.49. The minimum atomic E-state index is 0.234. The second-order valence-electron chi connectivity index (χ2n) is 5.80. The van der Waals surface area contributed by atoms with Gasteiger partial charge in [-0.05, 0) is 48.5 Å².